The number of hydrogen-bond donors (Lipinski definition) is 2. The number of aromatic nitrogens is 4. The molecule has 2 heterocycles. The minimum absolute atomic E-state index is 0.300. The van der Waals surface area contributed by atoms with Crippen molar-refractivity contribution in [3.8, 4) is 22.5 Å². The smallest absolute Gasteiger partial charge is 0.338 e. The molecule has 2 N–H and O–H groups in total. The van der Waals surface area contributed by atoms with Crippen molar-refractivity contribution in [3.63, 3.8) is 0 Å². The molecule has 164 valence electrons. The van der Waals surface area contributed by atoms with Crippen LogP contribution in [-0.2, 0) is 6.18 Å². The van der Waals surface area contributed by atoms with Crippen LogP contribution >= 0.6 is 0 Å². The van der Waals surface area contributed by atoms with Gasteiger partial charge in [0.1, 0.15) is 11.6 Å². The molecule has 0 aliphatic heterocycles. The Morgan fingerprint density at radius 2 is 1.55 bits per heavy atom. The fraction of sp³-hybridized carbons (Fsp3) is 0.0417. The fourth-order valence-corrected chi connectivity index (χ4v) is 3.41. The van der Waals surface area contributed by atoms with E-state index in [-0.39, 0.29) is 5.82 Å². The zero-order valence-electron chi connectivity index (χ0n) is 16.9. The van der Waals surface area contributed by atoms with Gasteiger partial charge in [-0.3, -0.25) is 0 Å². The van der Waals surface area contributed by atoms with Crippen LogP contribution in [0.4, 0.5) is 29.2 Å². The molecule has 33 heavy (non-hydrogen) atoms. The van der Waals surface area contributed by atoms with Gasteiger partial charge >= 0.3 is 6.18 Å². The standard InChI is InChI=1S/C24H15F4N5/c25-18-5-1-3-14(9-18)16-12-29-23(30-13-16)31-19-6-2-4-15(10-19)22-32-20-8-7-17(24(26,27)28)11-21(20)33-22/h1-13H,(H,32,33)(H,29,30,31). The summed E-state index contributed by atoms with van der Waals surface area (Å²) in [5, 5.41) is 3.08. The van der Waals surface area contributed by atoms with Gasteiger partial charge in [-0.1, -0.05) is 24.3 Å². The van der Waals surface area contributed by atoms with Gasteiger partial charge in [-0.25, -0.2) is 19.3 Å². The number of benzene rings is 3. The number of alkyl halides is 3. The maximum absolute atomic E-state index is 13.4. The molecule has 5 aromatic rings. The average molecular weight is 449 g/mol. The summed E-state index contributed by atoms with van der Waals surface area (Å²) < 4.78 is 52.3. The normalized spacial score (nSPS) is 11.6. The van der Waals surface area contributed by atoms with Crippen LogP contribution in [0.2, 0.25) is 0 Å². The summed E-state index contributed by atoms with van der Waals surface area (Å²) in [6.45, 7) is 0. The number of fused-ring (bicyclic) bond motifs is 1. The SMILES string of the molecule is Fc1cccc(-c2cnc(Nc3cccc(-c4nc5ccc(C(F)(F)F)cc5[nH]4)c3)nc2)c1. The van der Waals surface area contributed by atoms with Crippen LogP contribution in [0.1, 0.15) is 5.56 Å². The van der Waals surface area contributed by atoms with Gasteiger partial charge < -0.3 is 10.3 Å². The van der Waals surface area contributed by atoms with Crippen molar-refractivity contribution in [2.75, 3.05) is 5.32 Å². The zero-order chi connectivity index (χ0) is 23.0. The summed E-state index contributed by atoms with van der Waals surface area (Å²) >= 11 is 0. The van der Waals surface area contributed by atoms with Gasteiger partial charge in [0.15, 0.2) is 0 Å². The van der Waals surface area contributed by atoms with Crippen molar-refractivity contribution in [3.05, 3.63) is 90.5 Å². The molecule has 0 bridgehead atoms. The van der Waals surface area contributed by atoms with Crippen LogP contribution in [-0.4, -0.2) is 19.9 Å². The van der Waals surface area contributed by atoms with Crippen molar-refractivity contribution in [2.45, 2.75) is 6.18 Å². The largest absolute Gasteiger partial charge is 0.416 e. The van der Waals surface area contributed by atoms with Crippen molar-refractivity contribution >= 4 is 22.7 Å². The van der Waals surface area contributed by atoms with Crippen molar-refractivity contribution in [1.29, 1.82) is 0 Å². The first-order valence-electron chi connectivity index (χ1n) is 9.87. The third-order valence-corrected chi connectivity index (χ3v) is 5.01. The monoisotopic (exact) mass is 449 g/mol. The Morgan fingerprint density at radius 3 is 2.30 bits per heavy atom. The Bertz CT molecular complexity index is 1440. The fourth-order valence-electron chi connectivity index (χ4n) is 3.41. The number of nitrogens with one attached hydrogen (secondary N) is 2. The van der Waals surface area contributed by atoms with E-state index in [4.69, 9.17) is 0 Å². The lowest BCUT2D eigenvalue weighted by Crippen LogP contribution is -2.04. The molecule has 5 nitrogen and oxygen atoms in total. The predicted molar refractivity (Wildman–Crippen MR) is 117 cm³/mol. The second-order valence-electron chi connectivity index (χ2n) is 7.33. The lowest BCUT2D eigenvalue weighted by molar-refractivity contribution is -0.137. The van der Waals surface area contributed by atoms with Crippen molar-refractivity contribution in [2.24, 2.45) is 0 Å². The first-order chi connectivity index (χ1) is 15.8. The molecule has 0 saturated carbocycles. The summed E-state index contributed by atoms with van der Waals surface area (Å²) in [5.41, 5.74) is 2.70. The van der Waals surface area contributed by atoms with E-state index in [1.165, 1.54) is 18.2 Å². The number of halogens is 4. The van der Waals surface area contributed by atoms with Gasteiger partial charge in [-0.05, 0) is 48.0 Å². The molecular weight excluding hydrogens is 434 g/mol. The van der Waals surface area contributed by atoms with Gasteiger partial charge in [-0.2, -0.15) is 13.2 Å². The lowest BCUT2D eigenvalue weighted by atomic mass is 10.1. The quantitative estimate of drug-likeness (QED) is 0.304. The topological polar surface area (TPSA) is 66.5 Å². The second-order valence-corrected chi connectivity index (χ2v) is 7.33. The Kier molecular flexibility index (Phi) is 5.01. The summed E-state index contributed by atoms with van der Waals surface area (Å²) in [6, 6.07) is 16.7. The molecule has 3 aromatic carbocycles. The Balaban J connectivity index is 1.38. The van der Waals surface area contributed by atoms with E-state index in [1.54, 1.807) is 48.8 Å². The van der Waals surface area contributed by atoms with Gasteiger partial charge in [0.05, 0.1) is 16.6 Å². The third kappa shape index (κ3) is 4.38. The summed E-state index contributed by atoms with van der Waals surface area (Å²) in [5.74, 6) is 0.439. The predicted octanol–water partition coefficient (Wildman–Crippen LogP) is 6.59. The molecule has 0 saturated heterocycles. The van der Waals surface area contributed by atoms with Crippen LogP contribution in [0.25, 0.3) is 33.5 Å². The van der Waals surface area contributed by atoms with Crippen molar-refractivity contribution < 1.29 is 17.6 Å². The minimum Gasteiger partial charge on any atom is -0.338 e. The van der Waals surface area contributed by atoms with E-state index in [0.29, 0.717) is 45.2 Å². The van der Waals surface area contributed by atoms with E-state index < -0.39 is 11.7 Å². The first-order valence-corrected chi connectivity index (χ1v) is 9.87. The molecule has 0 unspecified atom stereocenters. The third-order valence-electron chi connectivity index (χ3n) is 5.01. The Labute approximate surface area is 185 Å². The van der Waals surface area contributed by atoms with E-state index in [2.05, 4.69) is 25.3 Å². The van der Waals surface area contributed by atoms with Crippen LogP contribution < -0.4 is 5.32 Å². The highest BCUT2D eigenvalue weighted by Crippen LogP contribution is 2.32. The number of anilines is 2. The molecule has 9 heteroatoms. The van der Waals surface area contributed by atoms with Crippen LogP contribution in [0.3, 0.4) is 0 Å². The molecule has 0 aliphatic rings. The number of rotatable bonds is 4. The average Bonchev–Trinajstić information content (AvgIpc) is 3.23. The van der Waals surface area contributed by atoms with Crippen LogP contribution in [0.5, 0.6) is 0 Å². The molecule has 0 radical (unpaired) electrons. The maximum Gasteiger partial charge on any atom is 0.416 e. The molecule has 0 amide bonds. The second kappa shape index (κ2) is 8.01. The Morgan fingerprint density at radius 1 is 0.788 bits per heavy atom. The highest BCUT2D eigenvalue weighted by Gasteiger charge is 2.30. The molecule has 2 aromatic heterocycles. The molecule has 5 rings (SSSR count). The molecule has 0 aliphatic carbocycles. The van der Waals surface area contributed by atoms with E-state index in [1.807, 2.05) is 0 Å². The van der Waals surface area contributed by atoms with E-state index >= 15 is 0 Å². The number of aromatic amines is 1. The number of nitrogens with zero attached hydrogens (tertiary/aromatic N) is 3. The summed E-state index contributed by atoms with van der Waals surface area (Å²) in [7, 11) is 0. The minimum atomic E-state index is -4.42. The van der Waals surface area contributed by atoms with Gasteiger partial charge in [-0.15, -0.1) is 0 Å². The maximum atomic E-state index is 13.4. The van der Waals surface area contributed by atoms with Gasteiger partial charge in [0, 0.05) is 29.2 Å². The van der Waals surface area contributed by atoms with E-state index in [0.717, 1.165) is 12.1 Å². The van der Waals surface area contributed by atoms with Gasteiger partial charge in [0.25, 0.3) is 0 Å². The van der Waals surface area contributed by atoms with Gasteiger partial charge in [0.2, 0.25) is 5.95 Å². The molecular formula is C24H15F4N5. The highest BCUT2D eigenvalue weighted by atomic mass is 19.4. The highest BCUT2D eigenvalue weighted by molar-refractivity contribution is 5.81. The molecule has 0 atom stereocenters. The number of hydrogen-bond acceptors (Lipinski definition) is 4. The molecule has 0 fully saturated rings. The van der Waals surface area contributed by atoms with Crippen molar-refractivity contribution in [1.82, 2.24) is 19.9 Å². The van der Waals surface area contributed by atoms with E-state index in [9.17, 15) is 17.6 Å². The summed E-state index contributed by atoms with van der Waals surface area (Å²) in [4.78, 5) is 15.9. The molecule has 0 spiro atoms. The Hall–Kier alpha value is -4.27. The van der Waals surface area contributed by atoms with Crippen LogP contribution in [0.15, 0.2) is 79.1 Å². The number of H-pyrrole nitrogens is 1. The first kappa shape index (κ1) is 20.6. The number of imidazole rings is 1. The zero-order valence-corrected chi connectivity index (χ0v) is 16.9. The van der Waals surface area contributed by atoms with Crippen LogP contribution in [0, 0.1) is 5.82 Å². The lowest BCUT2D eigenvalue weighted by Gasteiger charge is -2.07. The summed E-state index contributed by atoms with van der Waals surface area (Å²) in [6.07, 6.45) is -1.25.